The lowest BCUT2D eigenvalue weighted by atomic mass is 9.72. The van der Waals surface area contributed by atoms with Crippen LogP contribution in [0.4, 0.5) is 0 Å². The maximum Gasteiger partial charge on any atom is 0.130 e. The summed E-state index contributed by atoms with van der Waals surface area (Å²) < 4.78 is 5.81. The summed E-state index contributed by atoms with van der Waals surface area (Å²) in [5.74, 6) is 2.20. The van der Waals surface area contributed by atoms with Crippen molar-refractivity contribution in [2.24, 2.45) is 23.7 Å². The number of likely N-dealkylation sites (N-methyl/N-ethyl adjacent to an activating group) is 1. The summed E-state index contributed by atoms with van der Waals surface area (Å²) in [5.41, 5.74) is 5.29. The molecule has 9 heteroatoms. The molecule has 0 aromatic rings. The molecule has 40 heavy (non-hydrogen) atoms. The van der Waals surface area contributed by atoms with Crippen LogP contribution in [0.15, 0.2) is 12.2 Å². The van der Waals surface area contributed by atoms with Gasteiger partial charge in [0.15, 0.2) is 0 Å². The number of aliphatic hydroxyl groups excluding tert-OH is 1. The number of halogens is 1. The minimum absolute atomic E-state index is 0.0683. The molecule has 11 atom stereocenters. The van der Waals surface area contributed by atoms with E-state index in [1.54, 1.807) is 0 Å². The Morgan fingerprint density at radius 2 is 1.90 bits per heavy atom. The molecule has 8 aliphatic rings. The number of ether oxygens (including phenoxy) is 1. The van der Waals surface area contributed by atoms with E-state index in [2.05, 4.69) is 64.5 Å². The van der Waals surface area contributed by atoms with Crippen LogP contribution in [0.3, 0.4) is 0 Å². The van der Waals surface area contributed by atoms with Crippen LogP contribution >= 0.6 is 23.4 Å². The van der Waals surface area contributed by atoms with E-state index >= 15 is 0 Å². The highest BCUT2D eigenvalue weighted by Gasteiger charge is 2.69. The fourth-order valence-corrected chi connectivity index (χ4v) is 12.9. The van der Waals surface area contributed by atoms with Crippen LogP contribution in [0.1, 0.15) is 71.1 Å². The van der Waals surface area contributed by atoms with E-state index in [0.717, 1.165) is 44.6 Å². The SMILES string of the molecule is C=C(C(O)N1CCOCC12CC2)[C@@H]1CC2SC3C(C2C1)C(C1CCCCC1Cl)N(C)C1(CC1)C1NN(C)C(C)N31. The largest absolute Gasteiger partial charge is 0.378 e. The lowest BCUT2D eigenvalue weighted by Crippen LogP contribution is -2.58. The Kier molecular flexibility index (Phi) is 6.77. The maximum absolute atomic E-state index is 11.6. The molecule has 4 aliphatic heterocycles. The Balaban J connectivity index is 1.11. The van der Waals surface area contributed by atoms with Gasteiger partial charge < -0.3 is 9.84 Å². The Morgan fingerprint density at radius 3 is 2.62 bits per heavy atom. The molecule has 2 spiro atoms. The minimum Gasteiger partial charge on any atom is -0.378 e. The lowest BCUT2D eigenvalue weighted by molar-refractivity contribution is -0.0929. The zero-order valence-corrected chi connectivity index (χ0v) is 26.3. The van der Waals surface area contributed by atoms with Crippen molar-refractivity contribution in [1.82, 2.24) is 25.1 Å². The molecule has 4 saturated heterocycles. The molecule has 4 heterocycles. The molecule has 8 fully saturated rings. The van der Waals surface area contributed by atoms with Gasteiger partial charge in [-0.3, -0.25) is 14.7 Å². The number of thioether (sulfide) groups is 1. The van der Waals surface area contributed by atoms with Crippen molar-refractivity contribution < 1.29 is 9.84 Å². The summed E-state index contributed by atoms with van der Waals surface area (Å²) in [6, 6.07) is 0.522. The second-order valence-corrected chi connectivity index (χ2v) is 16.7. The van der Waals surface area contributed by atoms with Crippen molar-refractivity contribution in [2.45, 2.75) is 123 Å². The normalized spacial score (nSPS) is 49.0. The number of rotatable bonds is 4. The maximum atomic E-state index is 11.6. The van der Waals surface area contributed by atoms with Crippen LogP contribution in [0, 0.1) is 23.7 Å². The average molecular weight is 592 g/mol. The average Bonchev–Trinajstić information content (AvgIpc) is 3.82. The highest BCUT2D eigenvalue weighted by Crippen LogP contribution is 2.64. The first-order chi connectivity index (χ1) is 19.3. The molecular weight excluding hydrogens is 542 g/mol. The van der Waals surface area contributed by atoms with Crippen LogP contribution in [0.2, 0.25) is 0 Å². The zero-order valence-electron chi connectivity index (χ0n) is 24.7. The lowest BCUT2D eigenvalue weighted by Gasteiger charge is -2.47. The van der Waals surface area contributed by atoms with Crippen molar-refractivity contribution in [3.05, 3.63) is 12.2 Å². The van der Waals surface area contributed by atoms with Gasteiger partial charge in [-0.1, -0.05) is 19.4 Å². The number of morpholine rings is 1. The second kappa shape index (κ2) is 9.80. The Morgan fingerprint density at radius 1 is 1.12 bits per heavy atom. The topological polar surface area (TPSA) is 54.5 Å². The number of alkyl halides is 1. The number of hydrazine groups is 1. The van der Waals surface area contributed by atoms with E-state index in [-0.39, 0.29) is 16.5 Å². The van der Waals surface area contributed by atoms with E-state index in [4.69, 9.17) is 16.3 Å². The van der Waals surface area contributed by atoms with Gasteiger partial charge in [0.2, 0.25) is 0 Å². The van der Waals surface area contributed by atoms with Gasteiger partial charge >= 0.3 is 0 Å². The standard InChI is InChI=1S/C31H50ClN5O2S/c1-18(27(38)36-13-14-39-17-30(36)9-10-30)20-15-22-24(16-20)40-28-25(22)26(21-7-5-6-8-23(21)32)34(3)31(11-12-31)29-33-35(4)19(2)37(28)29/h19-29,33,38H,1,5-17H2,2-4H3/t19?,20-,21?,22?,23?,24?,25?,26?,27?,28?,29?/m0/s1. The van der Waals surface area contributed by atoms with Crippen molar-refractivity contribution >= 4 is 23.4 Å². The Labute approximate surface area is 250 Å². The van der Waals surface area contributed by atoms with Gasteiger partial charge in [-0.2, -0.15) is 0 Å². The van der Waals surface area contributed by atoms with Gasteiger partial charge in [-0.25, -0.2) is 10.4 Å². The number of fused-ring (bicyclic) bond motifs is 6. The highest BCUT2D eigenvalue weighted by molar-refractivity contribution is 8.00. The van der Waals surface area contributed by atoms with E-state index in [1.165, 1.54) is 44.9 Å². The molecule has 0 aromatic carbocycles. The zero-order chi connectivity index (χ0) is 27.6. The molecule has 4 aliphatic carbocycles. The minimum atomic E-state index is -0.537. The molecule has 0 bridgehead atoms. The Bertz CT molecular complexity index is 1030. The van der Waals surface area contributed by atoms with E-state index < -0.39 is 6.23 Å². The van der Waals surface area contributed by atoms with E-state index in [1.807, 2.05) is 0 Å². The number of nitrogens with zero attached hydrogens (tertiary/aromatic N) is 4. The van der Waals surface area contributed by atoms with Gasteiger partial charge in [-0.05, 0) is 88.7 Å². The molecular formula is C31H50ClN5O2S. The molecule has 2 N–H and O–H groups in total. The molecule has 0 aromatic heterocycles. The van der Waals surface area contributed by atoms with Crippen molar-refractivity contribution in [2.75, 3.05) is 33.9 Å². The molecule has 0 radical (unpaired) electrons. The first kappa shape index (κ1) is 27.6. The summed E-state index contributed by atoms with van der Waals surface area (Å²) in [4.78, 5) is 8.08. The quantitative estimate of drug-likeness (QED) is 0.377. The molecule has 10 unspecified atom stereocenters. The van der Waals surface area contributed by atoms with Gasteiger partial charge in [0, 0.05) is 41.7 Å². The molecule has 4 saturated carbocycles. The summed E-state index contributed by atoms with van der Waals surface area (Å²) in [5, 5.41) is 15.4. The fraction of sp³-hybridized carbons (Fsp3) is 0.935. The third-order valence-corrected chi connectivity index (χ3v) is 15.3. The van der Waals surface area contributed by atoms with Crippen LogP contribution in [-0.2, 0) is 4.74 Å². The molecule has 224 valence electrons. The predicted octanol–water partition coefficient (Wildman–Crippen LogP) is 3.88. The first-order valence-electron chi connectivity index (χ1n) is 16.3. The van der Waals surface area contributed by atoms with Crippen LogP contribution < -0.4 is 5.43 Å². The third kappa shape index (κ3) is 3.96. The molecule has 7 nitrogen and oxygen atoms in total. The number of aliphatic hydroxyl groups is 1. The summed E-state index contributed by atoms with van der Waals surface area (Å²) in [6.45, 7) is 9.30. The van der Waals surface area contributed by atoms with Crippen molar-refractivity contribution in [3.8, 4) is 0 Å². The molecule has 8 rings (SSSR count). The van der Waals surface area contributed by atoms with Crippen LogP contribution in [0.5, 0.6) is 0 Å². The van der Waals surface area contributed by atoms with E-state index in [0.29, 0.717) is 52.7 Å². The fourth-order valence-electron chi connectivity index (χ4n) is 10.3. The van der Waals surface area contributed by atoms with Gasteiger partial charge in [0.25, 0.3) is 0 Å². The van der Waals surface area contributed by atoms with Crippen LogP contribution in [0.25, 0.3) is 0 Å². The van der Waals surface area contributed by atoms with Gasteiger partial charge in [0.05, 0.1) is 36.5 Å². The van der Waals surface area contributed by atoms with Crippen molar-refractivity contribution in [1.29, 1.82) is 0 Å². The summed E-state index contributed by atoms with van der Waals surface area (Å²) in [7, 11) is 4.69. The molecule has 0 amide bonds. The predicted molar refractivity (Wildman–Crippen MR) is 161 cm³/mol. The second-order valence-electron chi connectivity index (χ2n) is 14.8. The smallest absolute Gasteiger partial charge is 0.130 e. The van der Waals surface area contributed by atoms with E-state index in [9.17, 15) is 5.11 Å². The third-order valence-electron chi connectivity index (χ3n) is 13.0. The Hall–Kier alpha value is 0.100. The van der Waals surface area contributed by atoms with Gasteiger partial charge in [0.1, 0.15) is 6.23 Å². The first-order valence-corrected chi connectivity index (χ1v) is 17.6. The highest BCUT2D eigenvalue weighted by atomic mass is 35.5. The number of hydrogen-bond donors (Lipinski definition) is 2. The number of hydrogen-bond acceptors (Lipinski definition) is 8. The number of nitrogens with one attached hydrogen (secondary N) is 1. The summed E-state index contributed by atoms with van der Waals surface area (Å²) >= 11 is 9.53. The van der Waals surface area contributed by atoms with Crippen molar-refractivity contribution in [3.63, 3.8) is 0 Å². The van der Waals surface area contributed by atoms with Gasteiger partial charge in [-0.15, -0.1) is 23.4 Å². The summed E-state index contributed by atoms with van der Waals surface area (Å²) in [6.07, 6.45) is 12.4. The monoisotopic (exact) mass is 591 g/mol. The van der Waals surface area contributed by atoms with Crippen LogP contribution in [-0.4, -0.2) is 110 Å².